The lowest BCUT2D eigenvalue weighted by molar-refractivity contribution is 0.333. The summed E-state index contributed by atoms with van der Waals surface area (Å²) >= 11 is 0. The minimum Gasteiger partial charge on any atom is -0.309 e. The highest BCUT2D eigenvalue weighted by molar-refractivity contribution is 7.89. The van der Waals surface area contributed by atoms with E-state index in [9.17, 15) is 8.42 Å². The van der Waals surface area contributed by atoms with Gasteiger partial charge in [-0.25, -0.2) is 12.7 Å². The number of nitrogens with zero attached hydrogens (tertiary/aromatic N) is 2. The van der Waals surface area contributed by atoms with Crippen molar-refractivity contribution < 1.29 is 8.42 Å². The molecule has 2 rings (SSSR count). The van der Waals surface area contributed by atoms with E-state index in [4.69, 9.17) is 0 Å². The molecule has 0 spiro atoms. The zero-order valence-electron chi connectivity index (χ0n) is 11.3. The van der Waals surface area contributed by atoms with Gasteiger partial charge in [-0.05, 0) is 45.2 Å². The van der Waals surface area contributed by atoms with E-state index in [2.05, 4.69) is 19.0 Å². The normalized spacial score (nSPS) is 35.0. The Hall–Kier alpha value is -0.130. The van der Waals surface area contributed by atoms with Gasteiger partial charge in [-0.2, -0.15) is 0 Å². The van der Waals surface area contributed by atoms with Crippen LogP contribution in [-0.4, -0.2) is 56.6 Å². The monoisotopic (exact) mass is 260 g/mol. The molecule has 17 heavy (non-hydrogen) atoms. The predicted octanol–water partition coefficient (Wildman–Crippen LogP) is 0.854. The first-order valence-corrected chi connectivity index (χ1v) is 8.02. The molecule has 0 aromatic carbocycles. The Balaban J connectivity index is 1.91. The van der Waals surface area contributed by atoms with Gasteiger partial charge < -0.3 is 4.90 Å². The number of hydrogen-bond acceptors (Lipinski definition) is 3. The molecule has 0 amide bonds. The molecule has 0 N–H and O–H groups in total. The van der Waals surface area contributed by atoms with Gasteiger partial charge in [-0.1, -0.05) is 6.92 Å². The molecule has 2 fully saturated rings. The summed E-state index contributed by atoms with van der Waals surface area (Å²) < 4.78 is 26.1. The van der Waals surface area contributed by atoms with Gasteiger partial charge in [-0.15, -0.1) is 0 Å². The molecule has 0 aromatic rings. The van der Waals surface area contributed by atoms with Crippen LogP contribution < -0.4 is 0 Å². The van der Waals surface area contributed by atoms with Gasteiger partial charge in [0, 0.05) is 19.6 Å². The second-order valence-electron chi connectivity index (χ2n) is 5.83. The molecular weight excluding hydrogens is 236 g/mol. The van der Waals surface area contributed by atoms with Crippen LogP contribution in [0, 0.1) is 17.8 Å². The molecular formula is C12H24N2O2S. The Morgan fingerprint density at radius 1 is 1.29 bits per heavy atom. The molecule has 1 aliphatic heterocycles. The number of rotatable bonds is 5. The van der Waals surface area contributed by atoms with Crippen molar-refractivity contribution in [3.63, 3.8) is 0 Å². The second kappa shape index (κ2) is 4.52. The quantitative estimate of drug-likeness (QED) is 0.736. The Morgan fingerprint density at radius 3 is 2.24 bits per heavy atom. The van der Waals surface area contributed by atoms with Gasteiger partial charge in [0.25, 0.3) is 0 Å². The van der Waals surface area contributed by atoms with Crippen LogP contribution in [0.15, 0.2) is 0 Å². The number of fused-ring (bicyclic) bond motifs is 1. The summed E-state index contributed by atoms with van der Waals surface area (Å²) in [7, 11) is 1.15. The maximum absolute atomic E-state index is 12.2. The largest absolute Gasteiger partial charge is 0.309 e. The van der Waals surface area contributed by atoms with Crippen molar-refractivity contribution in [2.24, 2.45) is 17.8 Å². The standard InChI is InChI=1S/C12H24N2O2S/c1-5-9(2)17(15,16)14-7-11-10(6-13(3)4)12(11)8-14/h9-12H,5-8H2,1-4H3/t9-,10?,11-,12+/m0/s1. The van der Waals surface area contributed by atoms with E-state index in [1.54, 1.807) is 4.31 Å². The molecule has 1 saturated carbocycles. The van der Waals surface area contributed by atoms with Crippen LogP contribution in [0.3, 0.4) is 0 Å². The van der Waals surface area contributed by atoms with E-state index in [1.165, 1.54) is 0 Å². The molecule has 1 aliphatic carbocycles. The number of piperidine rings is 1. The van der Waals surface area contributed by atoms with Crippen molar-refractivity contribution in [3.05, 3.63) is 0 Å². The molecule has 5 heteroatoms. The van der Waals surface area contributed by atoms with Gasteiger partial charge in [0.1, 0.15) is 0 Å². The summed E-state index contributed by atoms with van der Waals surface area (Å²) in [6.07, 6.45) is 0.704. The third kappa shape index (κ3) is 2.37. The average Bonchev–Trinajstić information content (AvgIpc) is 2.73. The topological polar surface area (TPSA) is 40.6 Å². The van der Waals surface area contributed by atoms with Crippen molar-refractivity contribution in [1.29, 1.82) is 0 Å². The van der Waals surface area contributed by atoms with E-state index in [-0.39, 0.29) is 5.25 Å². The average molecular weight is 260 g/mol. The molecule has 1 unspecified atom stereocenters. The van der Waals surface area contributed by atoms with Crippen molar-refractivity contribution in [3.8, 4) is 0 Å². The molecule has 100 valence electrons. The summed E-state index contributed by atoms with van der Waals surface area (Å²) in [5, 5.41) is -0.229. The van der Waals surface area contributed by atoms with Crippen molar-refractivity contribution in [1.82, 2.24) is 9.21 Å². The van der Waals surface area contributed by atoms with E-state index in [0.717, 1.165) is 25.6 Å². The maximum atomic E-state index is 12.2. The van der Waals surface area contributed by atoms with E-state index in [0.29, 0.717) is 18.3 Å². The van der Waals surface area contributed by atoms with Crippen LogP contribution in [0.25, 0.3) is 0 Å². The minimum atomic E-state index is -3.02. The lowest BCUT2D eigenvalue weighted by Crippen LogP contribution is -2.38. The van der Waals surface area contributed by atoms with Gasteiger partial charge in [0.15, 0.2) is 0 Å². The third-order valence-electron chi connectivity index (χ3n) is 4.36. The zero-order valence-corrected chi connectivity index (χ0v) is 12.1. The molecule has 4 atom stereocenters. The van der Waals surface area contributed by atoms with Crippen LogP contribution in [0.2, 0.25) is 0 Å². The zero-order chi connectivity index (χ0) is 12.8. The van der Waals surface area contributed by atoms with Gasteiger partial charge in [0.05, 0.1) is 5.25 Å². The Morgan fingerprint density at radius 2 is 1.82 bits per heavy atom. The van der Waals surface area contributed by atoms with Crippen molar-refractivity contribution in [2.75, 3.05) is 33.7 Å². The van der Waals surface area contributed by atoms with Crippen LogP contribution in [0.4, 0.5) is 0 Å². The molecule has 4 nitrogen and oxygen atoms in total. The fraction of sp³-hybridized carbons (Fsp3) is 1.00. The summed E-state index contributed by atoms with van der Waals surface area (Å²) in [4.78, 5) is 2.20. The van der Waals surface area contributed by atoms with Gasteiger partial charge in [0.2, 0.25) is 10.0 Å². The lowest BCUT2D eigenvalue weighted by Gasteiger charge is -2.23. The first kappa shape index (κ1) is 13.3. The number of sulfonamides is 1. The summed E-state index contributed by atoms with van der Waals surface area (Å²) in [5.74, 6) is 1.97. The molecule has 2 aliphatic rings. The molecule has 1 saturated heterocycles. The van der Waals surface area contributed by atoms with Crippen LogP contribution in [0.5, 0.6) is 0 Å². The number of hydrogen-bond donors (Lipinski definition) is 0. The highest BCUT2D eigenvalue weighted by Crippen LogP contribution is 2.52. The van der Waals surface area contributed by atoms with Gasteiger partial charge >= 0.3 is 0 Å². The minimum absolute atomic E-state index is 0.229. The smallest absolute Gasteiger partial charge is 0.216 e. The maximum Gasteiger partial charge on any atom is 0.216 e. The molecule has 1 heterocycles. The highest BCUT2D eigenvalue weighted by atomic mass is 32.2. The highest BCUT2D eigenvalue weighted by Gasteiger charge is 2.57. The van der Waals surface area contributed by atoms with E-state index in [1.807, 2.05) is 13.8 Å². The first-order valence-electron chi connectivity index (χ1n) is 6.51. The molecule has 0 bridgehead atoms. The van der Waals surface area contributed by atoms with Gasteiger partial charge in [-0.3, -0.25) is 0 Å². The summed E-state index contributed by atoms with van der Waals surface area (Å²) in [6, 6.07) is 0. The van der Waals surface area contributed by atoms with Crippen LogP contribution >= 0.6 is 0 Å². The Bertz CT molecular complexity index is 368. The van der Waals surface area contributed by atoms with Crippen molar-refractivity contribution in [2.45, 2.75) is 25.5 Å². The van der Waals surface area contributed by atoms with Crippen LogP contribution in [0.1, 0.15) is 20.3 Å². The molecule has 0 radical (unpaired) electrons. The third-order valence-corrected chi connectivity index (χ3v) is 6.73. The summed E-state index contributed by atoms with van der Waals surface area (Å²) in [6.45, 7) is 6.38. The first-order chi connectivity index (χ1) is 7.87. The van der Waals surface area contributed by atoms with E-state index >= 15 is 0 Å². The Labute approximate surface area is 105 Å². The second-order valence-corrected chi connectivity index (χ2v) is 8.19. The lowest BCUT2D eigenvalue weighted by atomic mass is 10.3. The van der Waals surface area contributed by atoms with Crippen molar-refractivity contribution >= 4 is 10.0 Å². The molecule has 0 aromatic heterocycles. The fourth-order valence-corrected chi connectivity index (χ4v) is 4.67. The summed E-state index contributed by atoms with van der Waals surface area (Å²) in [5.41, 5.74) is 0. The fourth-order valence-electron chi connectivity index (χ4n) is 2.98. The van der Waals surface area contributed by atoms with E-state index < -0.39 is 10.0 Å². The van der Waals surface area contributed by atoms with Crippen LogP contribution in [-0.2, 0) is 10.0 Å². The SMILES string of the molecule is CC[C@H](C)S(=O)(=O)N1C[C@@H]2C(CN(C)C)[C@@H]2C1. The Kier molecular flexibility index (Phi) is 3.54. The predicted molar refractivity (Wildman–Crippen MR) is 69.3 cm³/mol.